The van der Waals surface area contributed by atoms with Crippen LogP contribution in [0.25, 0.3) is 0 Å². The van der Waals surface area contributed by atoms with Gasteiger partial charge in [0.25, 0.3) is 5.91 Å². The second-order valence-electron chi connectivity index (χ2n) is 4.20. The summed E-state index contributed by atoms with van der Waals surface area (Å²) >= 11 is 9.91. The molecule has 2 rings (SSSR count). The van der Waals surface area contributed by atoms with Crippen LogP contribution in [-0.2, 0) is 6.18 Å². The molecule has 0 fully saturated rings. The van der Waals surface area contributed by atoms with Gasteiger partial charge < -0.3 is 5.32 Å². The Morgan fingerprint density at radius 1 is 1.14 bits per heavy atom. The van der Waals surface area contributed by atoms with E-state index in [1.807, 2.05) is 0 Å². The number of rotatable bonds is 2. The van der Waals surface area contributed by atoms with Crippen molar-refractivity contribution in [3.63, 3.8) is 0 Å². The van der Waals surface area contributed by atoms with Crippen LogP contribution in [0.2, 0.25) is 5.02 Å². The number of benzene rings is 2. The van der Waals surface area contributed by atoms with Gasteiger partial charge in [-0.15, -0.1) is 12.6 Å². The highest BCUT2D eigenvalue weighted by Crippen LogP contribution is 2.34. The molecule has 2 aromatic carbocycles. The van der Waals surface area contributed by atoms with Gasteiger partial charge in [0.1, 0.15) is 0 Å². The lowest BCUT2D eigenvalue weighted by Crippen LogP contribution is -2.13. The third-order valence-electron chi connectivity index (χ3n) is 2.65. The molecule has 0 saturated carbocycles. The van der Waals surface area contributed by atoms with E-state index in [1.165, 1.54) is 12.1 Å². The van der Waals surface area contributed by atoms with E-state index in [2.05, 4.69) is 17.9 Å². The summed E-state index contributed by atoms with van der Waals surface area (Å²) in [4.78, 5) is 12.6. The van der Waals surface area contributed by atoms with Gasteiger partial charge in [-0.25, -0.2) is 0 Å². The molecule has 110 valence electrons. The molecule has 0 unspecified atom stereocenters. The van der Waals surface area contributed by atoms with E-state index in [9.17, 15) is 18.0 Å². The van der Waals surface area contributed by atoms with Crippen molar-refractivity contribution >= 4 is 35.8 Å². The Balaban J connectivity index is 2.29. The monoisotopic (exact) mass is 331 g/mol. The van der Waals surface area contributed by atoms with Crippen LogP contribution in [0, 0.1) is 0 Å². The summed E-state index contributed by atoms with van der Waals surface area (Å²) in [5, 5.41) is 2.39. The second-order valence-corrected chi connectivity index (χ2v) is 5.12. The molecular formula is C14H9ClF3NOS. The van der Waals surface area contributed by atoms with E-state index in [4.69, 9.17) is 11.6 Å². The van der Waals surface area contributed by atoms with Crippen molar-refractivity contribution in [2.24, 2.45) is 0 Å². The molecule has 2 aromatic rings. The highest BCUT2D eigenvalue weighted by Gasteiger charge is 2.31. The molecule has 2 nitrogen and oxygen atoms in total. The maximum absolute atomic E-state index is 12.6. The van der Waals surface area contributed by atoms with Gasteiger partial charge in [0.2, 0.25) is 0 Å². The lowest BCUT2D eigenvalue weighted by atomic mass is 10.1. The van der Waals surface area contributed by atoms with Gasteiger partial charge in [0, 0.05) is 10.5 Å². The molecule has 0 spiro atoms. The fourth-order valence-corrected chi connectivity index (χ4v) is 2.03. The fourth-order valence-electron chi connectivity index (χ4n) is 1.64. The maximum atomic E-state index is 12.6. The summed E-state index contributed by atoms with van der Waals surface area (Å²) in [7, 11) is 0. The standard InChI is InChI=1S/C14H9ClF3NOS/c15-11-5-4-9(14(16,17)18)7-12(11)19-13(20)8-2-1-3-10(21)6-8/h1-7,21H,(H,19,20). The van der Waals surface area contributed by atoms with Crippen LogP contribution >= 0.6 is 24.2 Å². The molecule has 1 amide bonds. The number of hydrogen-bond donors (Lipinski definition) is 2. The predicted molar refractivity (Wildman–Crippen MR) is 78.1 cm³/mol. The third kappa shape index (κ3) is 3.92. The van der Waals surface area contributed by atoms with Gasteiger partial charge in [0.15, 0.2) is 0 Å². The number of anilines is 1. The minimum atomic E-state index is -4.50. The van der Waals surface area contributed by atoms with E-state index < -0.39 is 17.6 Å². The van der Waals surface area contributed by atoms with Crippen LogP contribution in [0.4, 0.5) is 18.9 Å². The van der Waals surface area contributed by atoms with Crippen LogP contribution in [0.5, 0.6) is 0 Å². The molecule has 0 bridgehead atoms. The number of nitrogens with one attached hydrogen (secondary N) is 1. The van der Waals surface area contributed by atoms with E-state index in [-0.39, 0.29) is 16.3 Å². The Bertz CT molecular complexity index is 688. The number of carbonyl (C=O) groups excluding carboxylic acids is 1. The summed E-state index contributed by atoms with van der Waals surface area (Å²) in [6.45, 7) is 0. The molecule has 0 aromatic heterocycles. The van der Waals surface area contributed by atoms with Crippen molar-refractivity contribution < 1.29 is 18.0 Å². The topological polar surface area (TPSA) is 29.1 Å². The molecule has 1 N–H and O–H groups in total. The van der Waals surface area contributed by atoms with Crippen LogP contribution in [0.3, 0.4) is 0 Å². The number of alkyl halides is 3. The van der Waals surface area contributed by atoms with Crippen molar-refractivity contribution in [3.05, 3.63) is 58.6 Å². The Morgan fingerprint density at radius 2 is 1.86 bits per heavy atom. The SMILES string of the molecule is O=C(Nc1cc(C(F)(F)F)ccc1Cl)c1cccc(S)c1. The van der Waals surface area contributed by atoms with E-state index in [0.29, 0.717) is 4.90 Å². The summed E-state index contributed by atoms with van der Waals surface area (Å²) in [5.41, 5.74) is -0.706. The van der Waals surface area contributed by atoms with Crippen molar-refractivity contribution in [1.29, 1.82) is 0 Å². The quantitative estimate of drug-likeness (QED) is 0.753. The van der Waals surface area contributed by atoms with Gasteiger partial charge in [0.05, 0.1) is 16.3 Å². The zero-order valence-corrected chi connectivity index (χ0v) is 12.1. The zero-order valence-electron chi connectivity index (χ0n) is 10.4. The van der Waals surface area contributed by atoms with Crippen molar-refractivity contribution in [2.45, 2.75) is 11.1 Å². The van der Waals surface area contributed by atoms with E-state index in [1.54, 1.807) is 12.1 Å². The summed E-state index contributed by atoms with van der Waals surface area (Å²) in [6.07, 6.45) is -4.50. The van der Waals surface area contributed by atoms with Gasteiger partial charge in [-0.1, -0.05) is 17.7 Å². The molecule has 0 aliphatic rings. The first-order valence-corrected chi connectivity index (χ1v) is 6.57. The fraction of sp³-hybridized carbons (Fsp3) is 0.0714. The first-order chi connectivity index (χ1) is 9.77. The van der Waals surface area contributed by atoms with Gasteiger partial charge in [-0.3, -0.25) is 4.79 Å². The van der Waals surface area contributed by atoms with Crippen molar-refractivity contribution in [2.75, 3.05) is 5.32 Å². The van der Waals surface area contributed by atoms with E-state index >= 15 is 0 Å². The highest BCUT2D eigenvalue weighted by molar-refractivity contribution is 7.80. The minimum Gasteiger partial charge on any atom is -0.321 e. The Hall–Kier alpha value is -1.66. The molecule has 0 radical (unpaired) electrons. The number of amides is 1. The zero-order chi connectivity index (χ0) is 15.6. The molecule has 0 atom stereocenters. The number of carbonyl (C=O) groups is 1. The van der Waals surface area contributed by atoms with Crippen LogP contribution in [0.1, 0.15) is 15.9 Å². The van der Waals surface area contributed by atoms with Gasteiger partial charge in [-0.2, -0.15) is 13.2 Å². The first kappa shape index (κ1) is 15.7. The van der Waals surface area contributed by atoms with Crippen molar-refractivity contribution in [1.82, 2.24) is 0 Å². The Morgan fingerprint density at radius 3 is 2.48 bits per heavy atom. The normalized spacial score (nSPS) is 11.3. The predicted octanol–water partition coefficient (Wildman–Crippen LogP) is 4.90. The Kier molecular flexibility index (Phi) is 4.49. The van der Waals surface area contributed by atoms with Crippen LogP contribution < -0.4 is 5.32 Å². The molecule has 0 saturated heterocycles. The third-order valence-corrected chi connectivity index (χ3v) is 3.26. The number of thiol groups is 1. The largest absolute Gasteiger partial charge is 0.416 e. The highest BCUT2D eigenvalue weighted by atomic mass is 35.5. The van der Waals surface area contributed by atoms with Gasteiger partial charge >= 0.3 is 6.18 Å². The second kappa shape index (κ2) is 5.99. The Labute approximate surface area is 129 Å². The average molecular weight is 332 g/mol. The summed E-state index contributed by atoms with van der Waals surface area (Å²) in [5.74, 6) is -0.563. The van der Waals surface area contributed by atoms with Crippen LogP contribution in [-0.4, -0.2) is 5.91 Å². The average Bonchev–Trinajstić information content (AvgIpc) is 2.40. The lowest BCUT2D eigenvalue weighted by molar-refractivity contribution is -0.137. The van der Waals surface area contributed by atoms with Crippen LogP contribution in [0.15, 0.2) is 47.4 Å². The lowest BCUT2D eigenvalue weighted by Gasteiger charge is -2.11. The van der Waals surface area contributed by atoms with Crippen molar-refractivity contribution in [3.8, 4) is 0 Å². The summed E-state index contributed by atoms with van der Waals surface area (Å²) in [6, 6.07) is 9.06. The maximum Gasteiger partial charge on any atom is 0.416 e. The molecule has 0 aliphatic carbocycles. The number of hydrogen-bond acceptors (Lipinski definition) is 2. The molecule has 0 aliphatic heterocycles. The summed E-state index contributed by atoms with van der Waals surface area (Å²) < 4.78 is 37.9. The molecule has 0 heterocycles. The molecule has 21 heavy (non-hydrogen) atoms. The molecule has 7 heteroatoms. The first-order valence-electron chi connectivity index (χ1n) is 5.74. The van der Waals surface area contributed by atoms with E-state index in [0.717, 1.165) is 18.2 Å². The number of halogens is 4. The minimum absolute atomic E-state index is 0.0263. The molecular weight excluding hydrogens is 323 g/mol. The van der Waals surface area contributed by atoms with Gasteiger partial charge in [-0.05, 0) is 36.4 Å². The smallest absolute Gasteiger partial charge is 0.321 e.